The minimum Gasteiger partial charge on any atom is -0.348 e. The third kappa shape index (κ3) is 4.85. The van der Waals surface area contributed by atoms with Gasteiger partial charge in [0.15, 0.2) is 0 Å². The highest BCUT2D eigenvalue weighted by Gasteiger charge is 2.20. The van der Waals surface area contributed by atoms with E-state index in [1.165, 1.54) is 0 Å². The van der Waals surface area contributed by atoms with Crippen molar-refractivity contribution in [2.75, 3.05) is 0 Å². The first-order chi connectivity index (χ1) is 8.67. The molecule has 0 aromatic rings. The molecular weight excluding hydrogens is 230 g/mol. The molecule has 1 unspecified atom stereocenters. The topological polar surface area (TPSA) is 70.6 Å². The number of carbonyl (C=O) groups excluding carboxylic acids is 2. The van der Waals surface area contributed by atoms with Crippen molar-refractivity contribution in [1.29, 1.82) is 0 Å². The molecule has 0 aromatic carbocycles. The Hall–Kier alpha value is -1.39. The zero-order chi connectivity index (χ0) is 13.4. The molecule has 0 fully saturated rings. The van der Waals surface area contributed by atoms with Crippen molar-refractivity contribution in [1.82, 2.24) is 10.7 Å². The monoisotopic (exact) mass is 253 g/mol. The summed E-state index contributed by atoms with van der Waals surface area (Å²) >= 11 is 0. The standard InChI is InChI=1S/C13H23N3O2/c1-3-5-7-10(6-4-2)14-13(18)11-8-9-12(17)16-15-11/h10H,3-9H2,1-2H3,(H,14,18)(H,16,17). The van der Waals surface area contributed by atoms with Crippen LogP contribution in [0.5, 0.6) is 0 Å². The quantitative estimate of drug-likeness (QED) is 0.725. The predicted octanol–water partition coefficient (Wildman–Crippen LogP) is 1.73. The maximum atomic E-state index is 12.0. The Morgan fingerprint density at radius 1 is 1.33 bits per heavy atom. The SMILES string of the molecule is CCCCC(CCC)NC(=O)C1=NNC(=O)CC1. The van der Waals surface area contributed by atoms with Crippen LogP contribution in [0.4, 0.5) is 0 Å². The number of rotatable bonds is 7. The summed E-state index contributed by atoms with van der Waals surface area (Å²) in [6, 6.07) is 0.225. The number of hydrogen-bond donors (Lipinski definition) is 2. The molecule has 0 aliphatic carbocycles. The number of nitrogens with one attached hydrogen (secondary N) is 2. The molecule has 0 radical (unpaired) electrons. The first-order valence-electron chi connectivity index (χ1n) is 6.83. The lowest BCUT2D eigenvalue weighted by Gasteiger charge is -2.19. The van der Waals surface area contributed by atoms with Gasteiger partial charge in [-0.2, -0.15) is 5.10 Å². The van der Waals surface area contributed by atoms with Crippen molar-refractivity contribution >= 4 is 17.5 Å². The number of hydrogen-bond acceptors (Lipinski definition) is 3. The molecule has 102 valence electrons. The number of nitrogens with zero attached hydrogens (tertiary/aromatic N) is 1. The Morgan fingerprint density at radius 3 is 2.67 bits per heavy atom. The molecule has 0 saturated heterocycles. The van der Waals surface area contributed by atoms with Gasteiger partial charge in [0.25, 0.3) is 5.91 Å². The van der Waals surface area contributed by atoms with Crippen molar-refractivity contribution in [2.45, 2.75) is 64.8 Å². The predicted molar refractivity (Wildman–Crippen MR) is 71.2 cm³/mol. The average Bonchev–Trinajstić information content (AvgIpc) is 2.37. The Bertz CT molecular complexity index is 326. The molecule has 5 nitrogen and oxygen atoms in total. The zero-order valence-electron chi connectivity index (χ0n) is 11.3. The second-order valence-corrected chi connectivity index (χ2v) is 4.69. The van der Waals surface area contributed by atoms with Crippen molar-refractivity contribution in [3.63, 3.8) is 0 Å². The van der Waals surface area contributed by atoms with Crippen LogP contribution < -0.4 is 10.7 Å². The van der Waals surface area contributed by atoms with Crippen LogP contribution in [0, 0.1) is 0 Å². The number of hydrazone groups is 1. The first kappa shape index (κ1) is 14.7. The van der Waals surface area contributed by atoms with Gasteiger partial charge in [0.2, 0.25) is 5.91 Å². The summed E-state index contributed by atoms with van der Waals surface area (Å²) in [6.07, 6.45) is 6.09. The maximum Gasteiger partial charge on any atom is 0.267 e. The van der Waals surface area contributed by atoms with Crippen LogP contribution >= 0.6 is 0 Å². The molecule has 2 N–H and O–H groups in total. The van der Waals surface area contributed by atoms with Gasteiger partial charge in [-0.15, -0.1) is 0 Å². The van der Waals surface area contributed by atoms with Gasteiger partial charge < -0.3 is 5.32 Å². The fourth-order valence-electron chi connectivity index (χ4n) is 1.99. The van der Waals surface area contributed by atoms with E-state index in [2.05, 4.69) is 29.7 Å². The normalized spacial score (nSPS) is 16.8. The fourth-order valence-corrected chi connectivity index (χ4v) is 1.99. The van der Waals surface area contributed by atoms with Crippen LogP contribution in [0.3, 0.4) is 0 Å². The summed E-state index contributed by atoms with van der Waals surface area (Å²) < 4.78 is 0. The molecule has 1 heterocycles. The van der Waals surface area contributed by atoms with Crippen LogP contribution in [-0.4, -0.2) is 23.6 Å². The molecule has 0 spiro atoms. The molecule has 1 aliphatic heterocycles. The molecule has 0 aromatic heterocycles. The summed E-state index contributed by atoms with van der Waals surface area (Å²) in [7, 11) is 0. The van der Waals surface area contributed by atoms with Crippen molar-refractivity contribution in [2.24, 2.45) is 5.10 Å². The molecular formula is C13H23N3O2. The summed E-state index contributed by atoms with van der Waals surface area (Å²) in [6.45, 7) is 4.26. The van der Waals surface area contributed by atoms with E-state index in [0.717, 1.165) is 32.1 Å². The zero-order valence-corrected chi connectivity index (χ0v) is 11.3. The van der Waals surface area contributed by atoms with Crippen LogP contribution in [0.25, 0.3) is 0 Å². The van der Waals surface area contributed by atoms with E-state index in [9.17, 15) is 9.59 Å². The molecule has 5 heteroatoms. The minimum absolute atomic E-state index is 0.123. The lowest BCUT2D eigenvalue weighted by atomic mass is 10.0. The Kier molecular flexibility index (Phi) is 6.39. The summed E-state index contributed by atoms with van der Waals surface area (Å²) in [5, 5.41) is 6.83. The smallest absolute Gasteiger partial charge is 0.267 e. The Morgan fingerprint density at radius 2 is 2.11 bits per heavy atom. The van der Waals surface area contributed by atoms with Gasteiger partial charge in [0.05, 0.1) is 0 Å². The molecule has 18 heavy (non-hydrogen) atoms. The van der Waals surface area contributed by atoms with E-state index in [0.29, 0.717) is 18.6 Å². The highest BCUT2D eigenvalue weighted by atomic mass is 16.2. The van der Waals surface area contributed by atoms with Gasteiger partial charge in [0.1, 0.15) is 5.71 Å². The van der Waals surface area contributed by atoms with Gasteiger partial charge in [-0.1, -0.05) is 33.1 Å². The minimum atomic E-state index is -0.135. The Balaban J connectivity index is 2.47. The largest absolute Gasteiger partial charge is 0.348 e. The Labute approximate surface area is 108 Å². The van der Waals surface area contributed by atoms with Gasteiger partial charge in [-0.3, -0.25) is 9.59 Å². The highest BCUT2D eigenvalue weighted by Crippen LogP contribution is 2.08. The van der Waals surface area contributed by atoms with E-state index in [1.54, 1.807) is 0 Å². The van der Waals surface area contributed by atoms with E-state index in [-0.39, 0.29) is 17.9 Å². The summed E-state index contributed by atoms with van der Waals surface area (Å²) in [5.74, 6) is -0.257. The third-order valence-electron chi connectivity index (χ3n) is 3.05. The molecule has 2 amide bonds. The molecule has 1 rings (SSSR count). The molecule has 1 atom stereocenters. The van der Waals surface area contributed by atoms with E-state index in [1.807, 2.05) is 0 Å². The van der Waals surface area contributed by atoms with Gasteiger partial charge >= 0.3 is 0 Å². The van der Waals surface area contributed by atoms with Crippen molar-refractivity contribution in [3.05, 3.63) is 0 Å². The van der Waals surface area contributed by atoms with Crippen LogP contribution in [0.15, 0.2) is 5.10 Å². The average molecular weight is 253 g/mol. The fraction of sp³-hybridized carbons (Fsp3) is 0.769. The highest BCUT2D eigenvalue weighted by molar-refractivity contribution is 6.39. The van der Waals surface area contributed by atoms with Crippen LogP contribution in [0.1, 0.15) is 58.8 Å². The van der Waals surface area contributed by atoms with Gasteiger partial charge in [-0.25, -0.2) is 5.43 Å². The maximum absolute atomic E-state index is 12.0. The lowest BCUT2D eigenvalue weighted by Crippen LogP contribution is -2.42. The number of carbonyl (C=O) groups is 2. The van der Waals surface area contributed by atoms with Gasteiger partial charge in [0, 0.05) is 18.9 Å². The van der Waals surface area contributed by atoms with E-state index in [4.69, 9.17) is 0 Å². The summed E-state index contributed by atoms with van der Waals surface area (Å²) in [5.41, 5.74) is 2.79. The van der Waals surface area contributed by atoms with Crippen LogP contribution in [-0.2, 0) is 9.59 Å². The molecule has 1 aliphatic rings. The van der Waals surface area contributed by atoms with E-state index >= 15 is 0 Å². The molecule has 0 bridgehead atoms. The van der Waals surface area contributed by atoms with Gasteiger partial charge in [-0.05, 0) is 12.8 Å². The summed E-state index contributed by atoms with van der Waals surface area (Å²) in [4.78, 5) is 22.9. The second-order valence-electron chi connectivity index (χ2n) is 4.69. The van der Waals surface area contributed by atoms with Crippen molar-refractivity contribution in [3.8, 4) is 0 Å². The number of unbranched alkanes of at least 4 members (excludes halogenated alkanes) is 1. The molecule has 0 saturated carbocycles. The van der Waals surface area contributed by atoms with Crippen molar-refractivity contribution < 1.29 is 9.59 Å². The lowest BCUT2D eigenvalue weighted by molar-refractivity contribution is -0.121. The van der Waals surface area contributed by atoms with E-state index < -0.39 is 0 Å². The second kappa shape index (κ2) is 7.84. The third-order valence-corrected chi connectivity index (χ3v) is 3.05. The first-order valence-corrected chi connectivity index (χ1v) is 6.83. The number of amides is 2. The van der Waals surface area contributed by atoms with Crippen LogP contribution in [0.2, 0.25) is 0 Å².